The van der Waals surface area contributed by atoms with E-state index in [2.05, 4.69) is 26.1 Å². The Morgan fingerprint density at radius 1 is 1.23 bits per heavy atom. The van der Waals surface area contributed by atoms with Crippen LogP contribution in [0.5, 0.6) is 0 Å². The second kappa shape index (κ2) is 6.93. The van der Waals surface area contributed by atoms with E-state index in [1.807, 2.05) is 27.7 Å². The molecule has 1 amide bonds. The van der Waals surface area contributed by atoms with Crippen molar-refractivity contribution < 1.29 is 4.79 Å². The van der Waals surface area contributed by atoms with Crippen LogP contribution < -0.4 is 5.32 Å². The molecule has 0 aromatic rings. The predicted molar refractivity (Wildman–Crippen MR) is 58.7 cm³/mol. The minimum atomic E-state index is 0.0962. The molecule has 1 N–H and O–H groups in total. The van der Waals surface area contributed by atoms with Crippen molar-refractivity contribution >= 4 is 5.91 Å². The lowest BCUT2D eigenvalue weighted by Gasteiger charge is -2.18. The van der Waals surface area contributed by atoms with E-state index in [1.165, 1.54) is 0 Å². The Morgan fingerprint density at radius 2 is 1.62 bits per heavy atom. The molecule has 0 saturated heterocycles. The fraction of sp³-hybridized carbons (Fsp3) is 0.909. The van der Waals surface area contributed by atoms with Crippen molar-refractivity contribution in [1.82, 2.24) is 5.32 Å². The number of hydrogen-bond donors (Lipinski definition) is 1. The van der Waals surface area contributed by atoms with Gasteiger partial charge in [0.2, 0.25) is 5.91 Å². The minimum absolute atomic E-state index is 0.0962. The number of nitrogens with one attached hydrogen (secondary N) is 1. The summed E-state index contributed by atoms with van der Waals surface area (Å²) in [5.74, 6) is 0.146. The van der Waals surface area contributed by atoms with Crippen molar-refractivity contribution in [2.75, 3.05) is 0 Å². The van der Waals surface area contributed by atoms with Gasteiger partial charge in [-0.1, -0.05) is 34.6 Å². The molecule has 0 spiro atoms. The molecule has 80 valence electrons. The Bertz CT molecular complexity index is 134. The van der Waals surface area contributed by atoms with Crippen LogP contribution in [0.2, 0.25) is 0 Å². The molecular weight excluding hydrogens is 162 g/mol. The van der Waals surface area contributed by atoms with E-state index < -0.39 is 0 Å². The van der Waals surface area contributed by atoms with Crippen molar-refractivity contribution in [3.63, 3.8) is 0 Å². The number of hydrogen-bond acceptors (Lipinski definition) is 1. The van der Waals surface area contributed by atoms with Gasteiger partial charge in [-0.15, -0.1) is 0 Å². The maximum absolute atomic E-state index is 11.2. The zero-order chi connectivity index (χ0) is 11.1. The van der Waals surface area contributed by atoms with Gasteiger partial charge in [0.1, 0.15) is 0 Å². The molecular formula is C11H25NO. The number of carbonyl (C=O) groups is 1. The van der Waals surface area contributed by atoms with Crippen LogP contribution in [0.3, 0.4) is 0 Å². The Balaban J connectivity index is 0. The normalized spacial score (nSPS) is 10.5. The summed E-state index contributed by atoms with van der Waals surface area (Å²) in [6, 6.07) is 0.254. The molecule has 0 aliphatic heterocycles. The molecule has 0 radical (unpaired) electrons. The molecule has 0 aromatic carbocycles. The minimum Gasteiger partial charge on any atom is -0.354 e. The molecule has 0 bridgehead atoms. The highest BCUT2D eigenvalue weighted by Crippen LogP contribution is 2.17. The highest BCUT2D eigenvalue weighted by molar-refractivity contribution is 5.76. The van der Waals surface area contributed by atoms with Crippen LogP contribution in [-0.4, -0.2) is 11.9 Å². The largest absolute Gasteiger partial charge is 0.354 e. The van der Waals surface area contributed by atoms with Crippen molar-refractivity contribution in [3.8, 4) is 0 Å². The van der Waals surface area contributed by atoms with Gasteiger partial charge in [-0.05, 0) is 19.3 Å². The molecule has 2 heteroatoms. The van der Waals surface area contributed by atoms with Crippen LogP contribution in [0, 0.1) is 5.41 Å². The maximum atomic E-state index is 11.2. The molecule has 0 fully saturated rings. The van der Waals surface area contributed by atoms with Crippen LogP contribution in [-0.2, 0) is 4.79 Å². The molecule has 2 nitrogen and oxygen atoms in total. The second-order valence-corrected chi connectivity index (χ2v) is 4.46. The van der Waals surface area contributed by atoms with Crippen LogP contribution in [0.25, 0.3) is 0 Å². The molecule has 0 aromatic heterocycles. The highest BCUT2D eigenvalue weighted by Gasteiger charge is 2.15. The molecule has 0 aliphatic carbocycles. The SMILES string of the molecule is CC.CC(C)NC(=O)CC(C)(C)C. The van der Waals surface area contributed by atoms with Crippen LogP contribution in [0.1, 0.15) is 54.9 Å². The standard InChI is InChI=1S/C9H19NO.C2H6/c1-7(2)10-8(11)6-9(3,4)5;1-2/h7H,6H2,1-5H3,(H,10,11);1-2H3. The van der Waals surface area contributed by atoms with Gasteiger partial charge in [0, 0.05) is 12.5 Å². The molecule has 0 heterocycles. The third kappa shape index (κ3) is 14.3. The Kier molecular flexibility index (Phi) is 7.98. The van der Waals surface area contributed by atoms with Gasteiger partial charge in [-0.25, -0.2) is 0 Å². The Morgan fingerprint density at radius 3 is 1.85 bits per heavy atom. The van der Waals surface area contributed by atoms with Crippen LogP contribution >= 0.6 is 0 Å². The lowest BCUT2D eigenvalue weighted by molar-refractivity contribution is -0.123. The molecule has 0 aliphatic rings. The number of rotatable bonds is 2. The van der Waals surface area contributed by atoms with Crippen molar-refractivity contribution in [2.45, 2.75) is 60.9 Å². The third-order valence-electron chi connectivity index (χ3n) is 1.14. The number of carbonyl (C=O) groups excluding carboxylic acids is 1. The summed E-state index contributed by atoms with van der Waals surface area (Å²) in [5, 5.41) is 2.86. The van der Waals surface area contributed by atoms with Gasteiger partial charge in [0.05, 0.1) is 0 Å². The number of amides is 1. The average Bonchev–Trinajstić information content (AvgIpc) is 1.85. The van der Waals surface area contributed by atoms with E-state index in [-0.39, 0.29) is 17.4 Å². The van der Waals surface area contributed by atoms with Crippen molar-refractivity contribution in [1.29, 1.82) is 0 Å². The van der Waals surface area contributed by atoms with E-state index in [9.17, 15) is 4.79 Å². The highest BCUT2D eigenvalue weighted by atomic mass is 16.1. The van der Waals surface area contributed by atoms with Crippen LogP contribution in [0.4, 0.5) is 0 Å². The summed E-state index contributed by atoms with van der Waals surface area (Å²) in [5.41, 5.74) is 0.0962. The first-order valence-electron chi connectivity index (χ1n) is 5.10. The smallest absolute Gasteiger partial charge is 0.220 e. The first kappa shape index (κ1) is 15.0. The summed E-state index contributed by atoms with van der Waals surface area (Å²) in [6.45, 7) is 14.1. The molecule has 0 atom stereocenters. The van der Waals surface area contributed by atoms with E-state index in [0.29, 0.717) is 6.42 Å². The average molecular weight is 187 g/mol. The van der Waals surface area contributed by atoms with E-state index in [0.717, 1.165) is 0 Å². The summed E-state index contributed by atoms with van der Waals surface area (Å²) in [6.07, 6.45) is 0.602. The van der Waals surface area contributed by atoms with Crippen molar-refractivity contribution in [3.05, 3.63) is 0 Å². The Labute approximate surface area is 83.1 Å². The predicted octanol–water partition coefficient (Wildman–Crippen LogP) is 2.97. The van der Waals surface area contributed by atoms with Crippen molar-refractivity contribution in [2.24, 2.45) is 5.41 Å². The fourth-order valence-corrected chi connectivity index (χ4v) is 0.855. The maximum Gasteiger partial charge on any atom is 0.220 e. The molecule has 0 unspecified atom stereocenters. The summed E-state index contributed by atoms with van der Waals surface area (Å²) in [4.78, 5) is 11.2. The van der Waals surface area contributed by atoms with E-state index in [1.54, 1.807) is 0 Å². The zero-order valence-corrected chi connectivity index (χ0v) is 10.2. The van der Waals surface area contributed by atoms with E-state index >= 15 is 0 Å². The first-order chi connectivity index (χ1) is 5.81. The molecule has 13 heavy (non-hydrogen) atoms. The van der Waals surface area contributed by atoms with Gasteiger partial charge in [0.25, 0.3) is 0 Å². The fourth-order valence-electron chi connectivity index (χ4n) is 0.855. The quantitative estimate of drug-likeness (QED) is 0.707. The zero-order valence-electron chi connectivity index (χ0n) is 10.2. The van der Waals surface area contributed by atoms with Gasteiger partial charge >= 0.3 is 0 Å². The summed E-state index contributed by atoms with van der Waals surface area (Å²) < 4.78 is 0. The van der Waals surface area contributed by atoms with Gasteiger partial charge in [0.15, 0.2) is 0 Å². The molecule has 0 rings (SSSR count). The summed E-state index contributed by atoms with van der Waals surface area (Å²) in [7, 11) is 0. The third-order valence-corrected chi connectivity index (χ3v) is 1.14. The Hall–Kier alpha value is -0.530. The van der Waals surface area contributed by atoms with Gasteiger partial charge < -0.3 is 5.32 Å². The topological polar surface area (TPSA) is 29.1 Å². The lowest BCUT2D eigenvalue weighted by Crippen LogP contribution is -2.32. The van der Waals surface area contributed by atoms with Gasteiger partial charge in [-0.2, -0.15) is 0 Å². The van der Waals surface area contributed by atoms with Crippen LogP contribution in [0.15, 0.2) is 0 Å². The molecule has 0 saturated carbocycles. The first-order valence-corrected chi connectivity index (χ1v) is 5.10. The lowest BCUT2D eigenvalue weighted by atomic mass is 9.92. The monoisotopic (exact) mass is 187 g/mol. The summed E-state index contributed by atoms with van der Waals surface area (Å²) >= 11 is 0. The van der Waals surface area contributed by atoms with E-state index in [4.69, 9.17) is 0 Å². The second-order valence-electron chi connectivity index (χ2n) is 4.46. The van der Waals surface area contributed by atoms with Gasteiger partial charge in [-0.3, -0.25) is 4.79 Å².